The molecule has 0 spiro atoms. The van der Waals surface area contributed by atoms with Crippen LogP contribution in [0.15, 0.2) is 107 Å². The third kappa shape index (κ3) is 7.79. The molecule has 0 saturated heterocycles. The molecule has 0 heterocycles. The van der Waals surface area contributed by atoms with E-state index in [1.807, 2.05) is 13.0 Å². The molecule has 4 rings (SSSR count). The first-order valence-corrected chi connectivity index (χ1v) is 14.3. The van der Waals surface area contributed by atoms with E-state index >= 15 is 0 Å². The summed E-state index contributed by atoms with van der Waals surface area (Å²) >= 11 is 0. The van der Waals surface area contributed by atoms with E-state index in [0.29, 0.717) is 22.7 Å². The number of nitrogens with one attached hydrogen (secondary N) is 2. The molecule has 11 heteroatoms. The van der Waals surface area contributed by atoms with E-state index in [2.05, 4.69) is 15.8 Å². The number of benzene rings is 4. The molecule has 2 amide bonds. The fraction of sp³-hybridized carbons (Fsp3) is 0.129. The van der Waals surface area contributed by atoms with Crippen molar-refractivity contribution < 1.29 is 27.1 Å². The summed E-state index contributed by atoms with van der Waals surface area (Å²) in [5.41, 5.74) is 5.50. The molecule has 216 valence electrons. The first kappa shape index (κ1) is 29.9. The number of amides is 2. The Kier molecular flexibility index (Phi) is 9.66. The monoisotopic (exact) mass is 588 g/mol. The van der Waals surface area contributed by atoms with Gasteiger partial charge in [-0.1, -0.05) is 30.3 Å². The number of hydrogen-bond donors (Lipinski definition) is 2. The van der Waals surface area contributed by atoms with E-state index in [4.69, 9.17) is 4.74 Å². The van der Waals surface area contributed by atoms with Crippen LogP contribution in [-0.2, 0) is 19.6 Å². The fourth-order valence-corrected chi connectivity index (χ4v) is 5.40. The maximum absolute atomic E-state index is 13.5. The fourth-order valence-electron chi connectivity index (χ4n) is 3.90. The van der Waals surface area contributed by atoms with Crippen LogP contribution in [0.25, 0.3) is 0 Å². The average Bonchev–Trinajstić information content (AvgIpc) is 2.99. The lowest BCUT2D eigenvalue weighted by Gasteiger charge is -2.26. The third-order valence-corrected chi connectivity index (χ3v) is 8.02. The lowest BCUT2D eigenvalue weighted by atomic mass is 10.1. The molecule has 0 saturated carbocycles. The van der Waals surface area contributed by atoms with Gasteiger partial charge in [-0.25, -0.2) is 18.2 Å². The number of halogens is 1. The second kappa shape index (κ2) is 13.6. The number of ether oxygens (including phenoxy) is 1. The Morgan fingerprint density at radius 1 is 0.881 bits per heavy atom. The molecule has 0 aliphatic heterocycles. The topological polar surface area (TPSA) is 117 Å². The second-order valence-electron chi connectivity index (χ2n) is 9.25. The summed E-state index contributed by atoms with van der Waals surface area (Å²) in [5.74, 6) is -0.999. The molecule has 0 radical (unpaired) electrons. The van der Waals surface area contributed by atoms with Crippen molar-refractivity contribution in [1.82, 2.24) is 5.43 Å². The third-order valence-electron chi connectivity index (χ3n) is 6.24. The molecule has 0 unspecified atom stereocenters. The summed E-state index contributed by atoms with van der Waals surface area (Å²) in [4.78, 5) is 25.0. The second-order valence-corrected chi connectivity index (χ2v) is 11.1. The minimum Gasteiger partial charge on any atom is -0.484 e. The van der Waals surface area contributed by atoms with E-state index in [1.165, 1.54) is 42.6 Å². The summed E-state index contributed by atoms with van der Waals surface area (Å²) in [5, 5.41) is 6.57. The first-order valence-electron chi connectivity index (χ1n) is 12.9. The Hall–Kier alpha value is -5.03. The summed E-state index contributed by atoms with van der Waals surface area (Å²) < 4.78 is 46.6. The van der Waals surface area contributed by atoms with Gasteiger partial charge in [0.25, 0.3) is 21.8 Å². The standard InChI is InChI=1S/C31H29FN4O5S/c1-22-7-6-10-29(23(22)2)36(42(39,40)28-8-4-3-5-9-28)20-30(37)35-33-19-24-11-17-27(18-12-24)41-21-31(38)34-26-15-13-25(32)14-16-26/h3-19H,20-21H2,1-2H3,(H,34,38)(H,35,37)/b33-19+. The van der Waals surface area contributed by atoms with Crippen LogP contribution in [0.3, 0.4) is 0 Å². The molecule has 0 fully saturated rings. The van der Waals surface area contributed by atoms with Crippen LogP contribution in [0, 0.1) is 19.7 Å². The SMILES string of the molecule is Cc1cccc(N(CC(=O)N/N=C/c2ccc(OCC(=O)Nc3ccc(F)cc3)cc2)S(=O)(=O)c2ccccc2)c1C. The number of carbonyl (C=O) groups excluding carboxylic acids is 2. The van der Waals surface area contributed by atoms with Gasteiger partial charge < -0.3 is 10.1 Å². The predicted octanol–water partition coefficient (Wildman–Crippen LogP) is 4.81. The number of anilines is 2. The molecule has 0 atom stereocenters. The van der Waals surface area contributed by atoms with Crippen molar-refractivity contribution in [3.63, 3.8) is 0 Å². The van der Waals surface area contributed by atoms with Crippen LogP contribution in [0.1, 0.15) is 16.7 Å². The van der Waals surface area contributed by atoms with Gasteiger partial charge in [0.1, 0.15) is 18.1 Å². The molecule has 42 heavy (non-hydrogen) atoms. The number of aryl methyl sites for hydroxylation is 1. The zero-order valence-corrected chi connectivity index (χ0v) is 23.8. The Balaban J connectivity index is 1.36. The van der Waals surface area contributed by atoms with Crippen molar-refractivity contribution in [2.45, 2.75) is 18.7 Å². The Morgan fingerprint density at radius 2 is 1.57 bits per heavy atom. The highest BCUT2D eigenvalue weighted by atomic mass is 32.2. The molecule has 0 bridgehead atoms. The molecule has 4 aromatic rings. The molecule has 0 aliphatic rings. The van der Waals surface area contributed by atoms with Gasteiger partial charge in [0.05, 0.1) is 16.8 Å². The summed E-state index contributed by atoms with van der Waals surface area (Å²) in [6, 6.07) is 25.2. The van der Waals surface area contributed by atoms with E-state index in [1.54, 1.807) is 61.5 Å². The number of hydrogen-bond acceptors (Lipinski definition) is 6. The highest BCUT2D eigenvalue weighted by Gasteiger charge is 2.28. The van der Waals surface area contributed by atoms with Crippen LogP contribution < -0.4 is 19.8 Å². The van der Waals surface area contributed by atoms with Gasteiger partial charge in [-0.2, -0.15) is 5.10 Å². The lowest BCUT2D eigenvalue weighted by molar-refractivity contribution is -0.119. The maximum Gasteiger partial charge on any atom is 0.264 e. The highest BCUT2D eigenvalue weighted by molar-refractivity contribution is 7.92. The number of nitrogens with zero attached hydrogens (tertiary/aromatic N) is 2. The minimum absolute atomic E-state index is 0.0671. The summed E-state index contributed by atoms with van der Waals surface area (Å²) in [6.45, 7) is 2.95. The largest absolute Gasteiger partial charge is 0.484 e. The van der Waals surface area contributed by atoms with Crippen molar-refractivity contribution in [2.24, 2.45) is 5.10 Å². The van der Waals surface area contributed by atoms with E-state index in [9.17, 15) is 22.4 Å². The Morgan fingerprint density at radius 3 is 2.26 bits per heavy atom. The number of sulfonamides is 1. The molecule has 9 nitrogen and oxygen atoms in total. The van der Waals surface area contributed by atoms with E-state index in [0.717, 1.165) is 15.4 Å². The summed E-state index contributed by atoms with van der Waals surface area (Å²) in [6.07, 6.45) is 1.40. The molecule has 0 aromatic heterocycles. The highest BCUT2D eigenvalue weighted by Crippen LogP contribution is 2.28. The first-order chi connectivity index (χ1) is 20.1. The quantitative estimate of drug-likeness (QED) is 0.193. The normalized spacial score (nSPS) is 11.2. The van der Waals surface area contributed by atoms with Gasteiger partial charge in [0.2, 0.25) is 0 Å². The van der Waals surface area contributed by atoms with Crippen molar-refractivity contribution in [2.75, 3.05) is 22.8 Å². The molecule has 2 N–H and O–H groups in total. The van der Waals surface area contributed by atoms with Crippen LogP contribution in [-0.4, -0.2) is 39.6 Å². The van der Waals surface area contributed by atoms with Crippen LogP contribution in [0.5, 0.6) is 5.75 Å². The van der Waals surface area contributed by atoms with Gasteiger partial charge >= 0.3 is 0 Å². The van der Waals surface area contributed by atoms with Gasteiger partial charge in [-0.15, -0.1) is 0 Å². The van der Waals surface area contributed by atoms with Crippen molar-refractivity contribution in [1.29, 1.82) is 0 Å². The van der Waals surface area contributed by atoms with Gasteiger partial charge in [-0.05, 0) is 97.3 Å². The predicted molar refractivity (Wildman–Crippen MR) is 160 cm³/mol. The molecule has 4 aromatic carbocycles. The maximum atomic E-state index is 13.5. The molecular weight excluding hydrogens is 559 g/mol. The van der Waals surface area contributed by atoms with Crippen LogP contribution in [0.2, 0.25) is 0 Å². The van der Waals surface area contributed by atoms with E-state index < -0.39 is 34.2 Å². The van der Waals surface area contributed by atoms with Gasteiger partial charge in [0.15, 0.2) is 6.61 Å². The zero-order valence-electron chi connectivity index (χ0n) is 23.0. The molecule has 0 aliphatic carbocycles. The van der Waals surface area contributed by atoms with Gasteiger partial charge in [0, 0.05) is 5.69 Å². The Bertz CT molecular complexity index is 1680. The number of hydrazone groups is 1. The van der Waals surface area contributed by atoms with Crippen molar-refractivity contribution in [3.05, 3.63) is 120 Å². The summed E-state index contributed by atoms with van der Waals surface area (Å²) in [7, 11) is -4.04. The smallest absolute Gasteiger partial charge is 0.264 e. The van der Waals surface area contributed by atoms with Crippen LogP contribution in [0.4, 0.5) is 15.8 Å². The Labute approximate surface area is 243 Å². The van der Waals surface area contributed by atoms with Crippen molar-refractivity contribution >= 4 is 39.4 Å². The number of rotatable bonds is 11. The minimum atomic E-state index is -4.04. The average molecular weight is 589 g/mol. The van der Waals surface area contributed by atoms with E-state index in [-0.39, 0.29) is 11.5 Å². The van der Waals surface area contributed by atoms with Crippen LogP contribution >= 0.6 is 0 Å². The van der Waals surface area contributed by atoms with Gasteiger partial charge in [-0.3, -0.25) is 13.9 Å². The zero-order chi connectivity index (χ0) is 30.1. The number of carbonyl (C=O) groups is 2. The lowest BCUT2D eigenvalue weighted by Crippen LogP contribution is -2.40. The van der Waals surface area contributed by atoms with Crippen molar-refractivity contribution in [3.8, 4) is 5.75 Å². The molecular formula is C31H29FN4O5S.